The molecule has 0 aliphatic rings. The summed E-state index contributed by atoms with van der Waals surface area (Å²) in [5.74, 6) is 0.541. The summed E-state index contributed by atoms with van der Waals surface area (Å²) in [6.07, 6.45) is 1.98. The van der Waals surface area contributed by atoms with Crippen molar-refractivity contribution in [2.45, 2.75) is 6.92 Å². The Morgan fingerprint density at radius 2 is 1.89 bits per heavy atom. The lowest BCUT2D eigenvalue weighted by Crippen LogP contribution is -2.14. The van der Waals surface area contributed by atoms with Crippen LogP contribution in [-0.2, 0) is 0 Å². The van der Waals surface area contributed by atoms with Crippen LogP contribution < -0.4 is 0 Å². The average Bonchev–Trinajstić information content (AvgIpc) is 2.39. The third-order valence-corrected chi connectivity index (χ3v) is 3.83. The van der Waals surface area contributed by atoms with Gasteiger partial charge in [-0.1, -0.05) is 31.2 Å². The predicted octanol–water partition coefficient (Wildman–Crippen LogP) is 4.16. The van der Waals surface area contributed by atoms with Crippen molar-refractivity contribution in [3.05, 3.63) is 47.8 Å². The molecule has 1 unspecified atom stereocenters. The van der Waals surface area contributed by atoms with Gasteiger partial charge < -0.3 is 0 Å². The van der Waals surface area contributed by atoms with Crippen LogP contribution in [0.1, 0.15) is 17.3 Å². The molecule has 0 aliphatic heterocycles. The summed E-state index contributed by atoms with van der Waals surface area (Å²) in [7, 11) is 0. The van der Waals surface area contributed by atoms with Gasteiger partial charge in [0.1, 0.15) is 5.82 Å². The topological polar surface area (TPSA) is 17.1 Å². The maximum Gasteiger partial charge on any atom is 0.167 e. The molecule has 0 saturated heterocycles. The maximum absolute atomic E-state index is 13.7. The normalized spacial score (nSPS) is 12.6. The van der Waals surface area contributed by atoms with Gasteiger partial charge in [-0.25, -0.2) is 4.39 Å². The lowest BCUT2D eigenvalue weighted by Gasteiger charge is -2.11. The number of Topliss-reactive ketones (excluding diaryl/α,β-unsaturated/α-hetero) is 1. The van der Waals surface area contributed by atoms with Crippen molar-refractivity contribution in [2.75, 3.05) is 12.0 Å². The third kappa shape index (κ3) is 2.41. The molecule has 0 bridgehead atoms. The molecule has 1 nitrogen and oxygen atoms in total. The van der Waals surface area contributed by atoms with E-state index in [1.807, 2.05) is 19.2 Å². The zero-order chi connectivity index (χ0) is 13.1. The zero-order valence-electron chi connectivity index (χ0n) is 10.4. The Hall–Kier alpha value is -1.35. The molecule has 0 N–H and O–H groups in total. The SMILES string of the molecule is CSCC(C)C(=O)c1ccc(F)c2ccccc12. The van der Waals surface area contributed by atoms with Gasteiger partial charge in [-0.2, -0.15) is 11.8 Å². The van der Waals surface area contributed by atoms with Crippen LogP contribution in [0.3, 0.4) is 0 Å². The van der Waals surface area contributed by atoms with E-state index in [0.29, 0.717) is 16.3 Å². The van der Waals surface area contributed by atoms with Crippen LogP contribution in [0.2, 0.25) is 0 Å². The molecule has 3 heteroatoms. The minimum Gasteiger partial charge on any atom is -0.294 e. The summed E-state index contributed by atoms with van der Waals surface area (Å²) in [6.45, 7) is 1.91. The molecule has 0 fully saturated rings. The van der Waals surface area contributed by atoms with E-state index in [9.17, 15) is 9.18 Å². The van der Waals surface area contributed by atoms with Gasteiger partial charge in [-0.15, -0.1) is 0 Å². The number of carbonyl (C=O) groups excluding carboxylic acids is 1. The van der Waals surface area contributed by atoms with Crippen molar-refractivity contribution in [3.63, 3.8) is 0 Å². The number of fused-ring (bicyclic) bond motifs is 1. The molecular formula is C15H15FOS. The summed E-state index contributed by atoms with van der Waals surface area (Å²) < 4.78 is 13.7. The van der Waals surface area contributed by atoms with Gasteiger partial charge in [-0.3, -0.25) is 4.79 Å². The predicted molar refractivity (Wildman–Crippen MR) is 75.8 cm³/mol. The van der Waals surface area contributed by atoms with Crippen LogP contribution in [0, 0.1) is 11.7 Å². The standard InChI is InChI=1S/C15H15FOS/c1-10(9-18-2)15(17)13-7-8-14(16)12-6-4-3-5-11(12)13/h3-8,10H,9H2,1-2H3. The van der Waals surface area contributed by atoms with Crippen molar-refractivity contribution >= 4 is 28.3 Å². The summed E-state index contributed by atoms with van der Waals surface area (Å²) in [5, 5.41) is 1.22. The molecule has 2 aromatic rings. The van der Waals surface area contributed by atoms with Gasteiger partial charge in [0.15, 0.2) is 5.78 Å². The molecule has 0 spiro atoms. The van der Waals surface area contributed by atoms with Crippen LogP contribution in [0.25, 0.3) is 10.8 Å². The number of rotatable bonds is 4. The van der Waals surface area contributed by atoms with Gasteiger partial charge in [0.05, 0.1) is 0 Å². The zero-order valence-corrected chi connectivity index (χ0v) is 11.3. The number of hydrogen-bond acceptors (Lipinski definition) is 2. The first-order valence-electron chi connectivity index (χ1n) is 5.85. The second-order valence-corrected chi connectivity index (χ2v) is 5.27. The number of halogens is 1. The highest BCUT2D eigenvalue weighted by Crippen LogP contribution is 2.24. The van der Waals surface area contributed by atoms with E-state index in [1.165, 1.54) is 6.07 Å². The molecular weight excluding hydrogens is 247 g/mol. The summed E-state index contributed by atoms with van der Waals surface area (Å²) in [6, 6.07) is 10.1. The van der Waals surface area contributed by atoms with Gasteiger partial charge in [0, 0.05) is 22.6 Å². The minimum atomic E-state index is -0.278. The fourth-order valence-electron chi connectivity index (χ4n) is 2.07. The highest BCUT2D eigenvalue weighted by molar-refractivity contribution is 7.98. The fourth-order valence-corrected chi connectivity index (χ4v) is 2.72. The third-order valence-electron chi connectivity index (χ3n) is 3.00. The Morgan fingerprint density at radius 1 is 1.22 bits per heavy atom. The first-order chi connectivity index (χ1) is 8.65. The van der Waals surface area contributed by atoms with E-state index in [2.05, 4.69) is 0 Å². The Bertz CT molecular complexity index is 580. The smallest absolute Gasteiger partial charge is 0.167 e. The first kappa shape index (κ1) is 13.1. The van der Waals surface area contributed by atoms with Crippen LogP contribution in [0.5, 0.6) is 0 Å². The quantitative estimate of drug-likeness (QED) is 0.770. The molecule has 0 aromatic heterocycles. The lowest BCUT2D eigenvalue weighted by molar-refractivity contribution is 0.0943. The fraction of sp³-hybridized carbons (Fsp3) is 0.267. The number of carbonyl (C=O) groups is 1. The average molecular weight is 262 g/mol. The molecule has 0 aliphatic carbocycles. The monoisotopic (exact) mass is 262 g/mol. The van der Waals surface area contributed by atoms with E-state index < -0.39 is 0 Å². The van der Waals surface area contributed by atoms with Crippen molar-refractivity contribution in [2.24, 2.45) is 5.92 Å². The molecule has 94 valence electrons. The highest BCUT2D eigenvalue weighted by Gasteiger charge is 2.17. The van der Waals surface area contributed by atoms with Crippen LogP contribution in [0.4, 0.5) is 4.39 Å². The molecule has 2 rings (SSSR count). The largest absolute Gasteiger partial charge is 0.294 e. The molecule has 0 saturated carbocycles. The van der Waals surface area contributed by atoms with E-state index in [0.717, 1.165) is 5.75 Å². The number of benzene rings is 2. The summed E-state index contributed by atoms with van der Waals surface area (Å²) >= 11 is 1.65. The Kier molecular flexibility index (Phi) is 4.02. The molecule has 2 aromatic carbocycles. The number of thioether (sulfide) groups is 1. The van der Waals surface area contributed by atoms with Crippen molar-refractivity contribution < 1.29 is 9.18 Å². The summed E-state index contributed by atoms with van der Waals surface area (Å²) in [4.78, 5) is 12.3. The Balaban J connectivity index is 2.52. The van der Waals surface area contributed by atoms with Crippen molar-refractivity contribution in [1.29, 1.82) is 0 Å². The molecule has 0 heterocycles. The lowest BCUT2D eigenvalue weighted by atomic mass is 9.95. The summed E-state index contributed by atoms with van der Waals surface area (Å²) in [5.41, 5.74) is 0.619. The maximum atomic E-state index is 13.7. The second-order valence-electron chi connectivity index (χ2n) is 4.36. The van der Waals surface area contributed by atoms with Crippen LogP contribution in [0.15, 0.2) is 36.4 Å². The van der Waals surface area contributed by atoms with E-state index >= 15 is 0 Å². The molecule has 0 amide bonds. The number of ketones is 1. The van der Waals surface area contributed by atoms with Crippen LogP contribution in [-0.4, -0.2) is 17.8 Å². The molecule has 1 atom stereocenters. The van der Waals surface area contributed by atoms with Gasteiger partial charge in [0.25, 0.3) is 0 Å². The van der Waals surface area contributed by atoms with Gasteiger partial charge in [-0.05, 0) is 23.8 Å². The van der Waals surface area contributed by atoms with E-state index in [-0.39, 0.29) is 17.5 Å². The number of hydrogen-bond donors (Lipinski definition) is 0. The Labute approximate surface area is 110 Å². The molecule has 0 radical (unpaired) electrons. The van der Waals surface area contributed by atoms with Crippen molar-refractivity contribution in [3.8, 4) is 0 Å². The van der Waals surface area contributed by atoms with E-state index in [4.69, 9.17) is 0 Å². The minimum absolute atomic E-state index is 0.0473. The van der Waals surface area contributed by atoms with E-state index in [1.54, 1.807) is 36.0 Å². The van der Waals surface area contributed by atoms with Gasteiger partial charge >= 0.3 is 0 Å². The first-order valence-corrected chi connectivity index (χ1v) is 7.25. The molecule has 18 heavy (non-hydrogen) atoms. The Morgan fingerprint density at radius 3 is 2.56 bits per heavy atom. The highest BCUT2D eigenvalue weighted by atomic mass is 32.2. The van der Waals surface area contributed by atoms with Gasteiger partial charge in [0.2, 0.25) is 0 Å². The van der Waals surface area contributed by atoms with Crippen LogP contribution >= 0.6 is 11.8 Å². The second kappa shape index (κ2) is 5.53. The van der Waals surface area contributed by atoms with Crippen molar-refractivity contribution in [1.82, 2.24) is 0 Å².